The van der Waals surface area contributed by atoms with E-state index >= 15 is 0 Å². The number of aliphatic carboxylic acids is 1. The van der Waals surface area contributed by atoms with Gasteiger partial charge in [-0.25, -0.2) is 8.78 Å². The summed E-state index contributed by atoms with van der Waals surface area (Å²) < 4.78 is 26.6. The van der Waals surface area contributed by atoms with Crippen LogP contribution in [-0.4, -0.2) is 16.1 Å². The lowest BCUT2D eigenvalue weighted by molar-refractivity contribution is -0.137. The topological polar surface area (TPSA) is 50.2 Å². The molecule has 98 valence electrons. The lowest BCUT2D eigenvalue weighted by Crippen LogP contribution is -2.10. The Balaban J connectivity index is 2.44. The van der Waals surface area contributed by atoms with E-state index in [0.717, 1.165) is 6.20 Å². The standard InChI is InChI=1S/C14H11F2NO2/c15-10-3-1-9(2-4-10)12(7-14(18)19)11-5-6-17-8-13(11)16/h1-6,8,12H,7H2,(H,18,19). The third kappa shape index (κ3) is 3.13. The molecule has 0 amide bonds. The van der Waals surface area contributed by atoms with E-state index in [9.17, 15) is 13.6 Å². The largest absolute Gasteiger partial charge is 0.481 e. The first-order valence-electron chi connectivity index (χ1n) is 5.64. The molecule has 0 radical (unpaired) electrons. The van der Waals surface area contributed by atoms with E-state index in [2.05, 4.69) is 4.98 Å². The van der Waals surface area contributed by atoms with Crippen molar-refractivity contribution in [1.82, 2.24) is 4.98 Å². The van der Waals surface area contributed by atoms with Gasteiger partial charge in [0.25, 0.3) is 0 Å². The van der Waals surface area contributed by atoms with Gasteiger partial charge in [-0.3, -0.25) is 9.78 Å². The zero-order valence-corrected chi connectivity index (χ0v) is 9.88. The first-order valence-corrected chi connectivity index (χ1v) is 5.64. The molecule has 0 aliphatic rings. The molecule has 2 aromatic rings. The van der Waals surface area contributed by atoms with Gasteiger partial charge in [-0.05, 0) is 29.3 Å². The van der Waals surface area contributed by atoms with Crippen LogP contribution in [0.25, 0.3) is 0 Å². The van der Waals surface area contributed by atoms with Crippen molar-refractivity contribution in [3.63, 3.8) is 0 Å². The number of hydrogen-bond acceptors (Lipinski definition) is 2. The second kappa shape index (κ2) is 5.56. The fourth-order valence-corrected chi connectivity index (χ4v) is 1.95. The van der Waals surface area contributed by atoms with E-state index < -0.39 is 23.5 Å². The smallest absolute Gasteiger partial charge is 0.304 e. The summed E-state index contributed by atoms with van der Waals surface area (Å²) in [7, 11) is 0. The van der Waals surface area contributed by atoms with Gasteiger partial charge in [0, 0.05) is 12.1 Å². The molecular weight excluding hydrogens is 252 g/mol. The minimum absolute atomic E-state index is 0.240. The third-order valence-electron chi connectivity index (χ3n) is 2.83. The number of benzene rings is 1. The first kappa shape index (κ1) is 13.1. The van der Waals surface area contributed by atoms with Gasteiger partial charge in [-0.2, -0.15) is 0 Å². The van der Waals surface area contributed by atoms with Crippen molar-refractivity contribution >= 4 is 5.97 Å². The molecule has 0 saturated heterocycles. The molecule has 1 aromatic heterocycles. The number of pyridine rings is 1. The van der Waals surface area contributed by atoms with Crippen LogP contribution in [0.15, 0.2) is 42.7 Å². The van der Waals surface area contributed by atoms with Crippen LogP contribution < -0.4 is 0 Å². The Morgan fingerprint density at radius 1 is 1.21 bits per heavy atom. The number of halogens is 2. The molecule has 0 saturated carbocycles. The van der Waals surface area contributed by atoms with E-state index in [-0.39, 0.29) is 12.0 Å². The van der Waals surface area contributed by atoms with Gasteiger partial charge in [-0.1, -0.05) is 12.1 Å². The predicted octanol–water partition coefficient (Wildman–Crippen LogP) is 2.97. The van der Waals surface area contributed by atoms with Crippen molar-refractivity contribution in [2.24, 2.45) is 0 Å². The number of carboxylic acids is 1. The maximum absolute atomic E-state index is 13.7. The van der Waals surface area contributed by atoms with E-state index in [1.807, 2.05) is 0 Å². The molecule has 1 atom stereocenters. The molecular formula is C14H11F2NO2. The molecule has 0 aliphatic heterocycles. The van der Waals surface area contributed by atoms with Crippen molar-refractivity contribution in [1.29, 1.82) is 0 Å². The normalized spacial score (nSPS) is 12.1. The molecule has 19 heavy (non-hydrogen) atoms. The van der Waals surface area contributed by atoms with E-state index in [1.165, 1.54) is 36.5 Å². The van der Waals surface area contributed by atoms with Gasteiger partial charge in [0.2, 0.25) is 0 Å². The maximum atomic E-state index is 13.7. The maximum Gasteiger partial charge on any atom is 0.304 e. The lowest BCUT2D eigenvalue weighted by atomic mass is 9.89. The van der Waals surface area contributed by atoms with Gasteiger partial charge in [0.15, 0.2) is 0 Å². The molecule has 3 nitrogen and oxygen atoms in total. The third-order valence-corrected chi connectivity index (χ3v) is 2.83. The molecule has 1 aromatic carbocycles. The minimum atomic E-state index is -1.05. The number of rotatable bonds is 4. The van der Waals surface area contributed by atoms with E-state index in [0.29, 0.717) is 5.56 Å². The Morgan fingerprint density at radius 2 is 1.89 bits per heavy atom. The summed E-state index contributed by atoms with van der Waals surface area (Å²) >= 11 is 0. The Hall–Kier alpha value is -2.30. The van der Waals surface area contributed by atoms with E-state index in [1.54, 1.807) is 0 Å². The van der Waals surface area contributed by atoms with E-state index in [4.69, 9.17) is 5.11 Å². The van der Waals surface area contributed by atoms with Crippen LogP contribution in [0.5, 0.6) is 0 Å². The van der Waals surface area contributed by atoms with Crippen LogP contribution in [0.3, 0.4) is 0 Å². The number of aromatic nitrogens is 1. The molecule has 0 bridgehead atoms. The van der Waals surface area contributed by atoms with Gasteiger partial charge < -0.3 is 5.11 Å². The zero-order valence-electron chi connectivity index (χ0n) is 9.88. The van der Waals surface area contributed by atoms with Gasteiger partial charge in [-0.15, -0.1) is 0 Å². The molecule has 0 aliphatic carbocycles. The summed E-state index contributed by atoms with van der Waals surface area (Å²) in [6.45, 7) is 0. The summed E-state index contributed by atoms with van der Waals surface area (Å²) in [6, 6.07) is 6.81. The molecule has 2 rings (SSSR count). The second-order valence-corrected chi connectivity index (χ2v) is 4.10. The van der Waals surface area contributed by atoms with Crippen LogP contribution in [0.1, 0.15) is 23.5 Å². The Bertz CT molecular complexity index is 584. The SMILES string of the molecule is O=C(O)CC(c1ccc(F)cc1)c1ccncc1F. The van der Waals surface area contributed by atoms with Crippen LogP contribution in [0.4, 0.5) is 8.78 Å². The van der Waals surface area contributed by atoms with Crippen molar-refractivity contribution in [3.05, 3.63) is 65.5 Å². The number of carboxylic acid groups (broad SMARTS) is 1. The lowest BCUT2D eigenvalue weighted by Gasteiger charge is -2.16. The number of hydrogen-bond donors (Lipinski definition) is 1. The highest BCUT2D eigenvalue weighted by Gasteiger charge is 2.21. The average Bonchev–Trinajstić information content (AvgIpc) is 2.38. The molecule has 0 spiro atoms. The Kier molecular flexibility index (Phi) is 3.85. The minimum Gasteiger partial charge on any atom is -0.481 e. The fourth-order valence-electron chi connectivity index (χ4n) is 1.95. The van der Waals surface area contributed by atoms with Crippen LogP contribution in [0.2, 0.25) is 0 Å². The van der Waals surface area contributed by atoms with Gasteiger partial charge in [0.1, 0.15) is 11.6 Å². The van der Waals surface area contributed by atoms with Gasteiger partial charge >= 0.3 is 5.97 Å². The molecule has 1 N–H and O–H groups in total. The molecule has 1 unspecified atom stereocenters. The molecule has 1 heterocycles. The highest BCUT2D eigenvalue weighted by molar-refractivity contribution is 5.69. The summed E-state index contributed by atoms with van der Waals surface area (Å²) in [5, 5.41) is 8.94. The van der Waals surface area contributed by atoms with Crippen molar-refractivity contribution < 1.29 is 18.7 Å². The van der Waals surface area contributed by atoms with Crippen LogP contribution in [-0.2, 0) is 4.79 Å². The van der Waals surface area contributed by atoms with Gasteiger partial charge in [0.05, 0.1) is 12.6 Å². The average molecular weight is 263 g/mol. The summed E-state index contributed by atoms with van der Waals surface area (Å²) in [5.74, 6) is -2.71. The Labute approximate surface area is 108 Å². The highest BCUT2D eigenvalue weighted by atomic mass is 19.1. The predicted molar refractivity (Wildman–Crippen MR) is 64.7 cm³/mol. The van der Waals surface area contributed by atoms with Crippen LogP contribution in [0, 0.1) is 11.6 Å². The number of nitrogens with zero attached hydrogens (tertiary/aromatic N) is 1. The zero-order chi connectivity index (χ0) is 13.8. The summed E-state index contributed by atoms with van der Waals surface area (Å²) in [6.07, 6.45) is 2.16. The van der Waals surface area contributed by atoms with Crippen LogP contribution >= 0.6 is 0 Å². The summed E-state index contributed by atoms with van der Waals surface area (Å²) in [5.41, 5.74) is 0.790. The monoisotopic (exact) mass is 263 g/mol. The molecule has 0 fully saturated rings. The highest BCUT2D eigenvalue weighted by Crippen LogP contribution is 2.29. The molecule has 5 heteroatoms. The van der Waals surface area contributed by atoms with Crippen molar-refractivity contribution in [3.8, 4) is 0 Å². The number of carbonyl (C=O) groups is 1. The van der Waals surface area contributed by atoms with Crippen molar-refractivity contribution in [2.75, 3.05) is 0 Å². The second-order valence-electron chi connectivity index (χ2n) is 4.10. The Morgan fingerprint density at radius 3 is 2.47 bits per heavy atom. The summed E-state index contributed by atoms with van der Waals surface area (Å²) in [4.78, 5) is 14.6. The first-order chi connectivity index (χ1) is 9.08. The van der Waals surface area contributed by atoms with Crippen molar-refractivity contribution in [2.45, 2.75) is 12.3 Å². The fraction of sp³-hybridized carbons (Fsp3) is 0.143. The quantitative estimate of drug-likeness (QED) is 0.922.